The molecule has 3 aromatic carbocycles. The Balaban J connectivity index is 1.99. The van der Waals surface area contributed by atoms with Crippen LogP contribution in [0.25, 0.3) is 0 Å². The Morgan fingerprint density at radius 3 is 1.40 bits per heavy atom. The van der Waals surface area contributed by atoms with Crippen LogP contribution in [-0.4, -0.2) is 21.8 Å². The molecule has 0 fully saturated rings. The molecule has 3 aromatic rings. The summed E-state index contributed by atoms with van der Waals surface area (Å²) in [7, 11) is 0. The van der Waals surface area contributed by atoms with Gasteiger partial charge in [0.1, 0.15) is 11.5 Å². The monoisotopic (exact) mass is 704 g/mol. The molecule has 0 saturated heterocycles. The summed E-state index contributed by atoms with van der Waals surface area (Å²) >= 11 is 0. The van der Waals surface area contributed by atoms with Gasteiger partial charge in [-0.2, -0.15) is 0 Å². The molecule has 0 spiro atoms. The van der Waals surface area contributed by atoms with Crippen LogP contribution in [0.3, 0.4) is 0 Å². The third-order valence-corrected chi connectivity index (χ3v) is 11.6. The molecule has 0 aliphatic heterocycles. The number of phenols is 2. The third kappa shape index (κ3) is 7.59. The fourth-order valence-electron chi connectivity index (χ4n) is 8.15. The average molecular weight is 705 g/mol. The Bertz CT molecular complexity index is 1870. The minimum absolute atomic E-state index is 0.258. The van der Waals surface area contributed by atoms with E-state index in [1.165, 1.54) is 5.57 Å². The number of allylic oxidation sites excluding steroid dienone is 4. The molecule has 0 heterocycles. The molecule has 2 atom stereocenters. The number of ketones is 2. The summed E-state index contributed by atoms with van der Waals surface area (Å²) in [6.45, 7) is 33.7. The first-order valence-electron chi connectivity index (χ1n) is 18.9. The van der Waals surface area contributed by atoms with Crippen LogP contribution in [0.5, 0.6) is 11.5 Å². The van der Waals surface area contributed by atoms with E-state index in [1.54, 1.807) is 24.3 Å². The first-order valence-corrected chi connectivity index (χ1v) is 18.9. The van der Waals surface area contributed by atoms with Gasteiger partial charge < -0.3 is 10.2 Å². The molecular weight excluding hydrogens is 641 g/mol. The van der Waals surface area contributed by atoms with Crippen LogP contribution in [-0.2, 0) is 39.3 Å². The predicted octanol–water partition coefficient (Wildman–Crippen LogP) is 11.8. The predicted molar refractivity (Wildman–Crippen MR) is 217 cm³/mol. The fourth-order valence-corrected chi connectivity index (χ4v) is 8.15. The summed E-state index contributed by atoms with van der Waals surface area (Å²) in [6, 6.07) is 17.3. The average Bonchev–Trinajstić information content (AvgIpc) is 3.03. The van der Waals surface area contributed by atoms with Crippen LogP contribution >= 0.6 is 0 Å². The Hall–Kier alpha value is -3.92. The Kier molecular flexibility index (Phi) is 10.8. The minimum atomic E-state index is -1.14. The number of hydrogen-bond acceptors (Lipinski definition) is 4. The zero-order chi connectivity index (χ0) is 39.5. The summed E-state index contributed by atoms with van der Waals surface area (Å²) in [5, 5.41) is 23.0. The number of hydrogen-bond donors (Lipinski definition) is 2. The number of carbonyl (C=O) groups is 2. The van der Waals surface area contributed by atoms with Crippen molar-refractivity contribution in [3.05, 3.63) is 116 Å². The van der Waals surface area contributed by atoms with Crippen molar-refractivity contribution in [1.82, 2.24) is 0 Å². The highest BCUT2D eigenvalue weighted by Gasteiger charge is 2.51. The second-order valence-electron chi connectivity index (χ2n) is 19.6. The van der Waals surface area contributed by atoms with Gasteiger partial charge in [0.25, 0.3) is 0 Å². The van der Waals surface area contributed by atoms with E-state index in [9.17, 15) is 15.0 Å². The summed E-state index contributed by atoms with van der Waals surface area (Å²) in [4.78, 5) is 29.4. The molecule has 2 N–H and O–H groups in total. The molecule has 2 unspecified atom stereocenters. The van der Waals surface area contributed by atoms with Crippen molar-refractivity contribution in [1.29, 1.82) is 0 Å². The maximum absolute atomic E-state index is 15.1. The van der Waals surface area contributed by atoms with E-state index in [1.807, 2.05) is 13.0 Å². The van der Waals surface area contributed by atoms with Gasteiger partial charge in [0.05, 0.1) is 5.41 Å². The van der Waals surface area contributed by atoms with Gasteiger partial charge in [-0.1, -0.05) is 156 Å². The highest BCUT2D eigenvalue weighted by molar-refractivity contribution is 6.46. The van der Waals surface area contributed by atoms with Gasteiger partial charge >= 0.3 is 0 Å². The molecule has 0 bridgehead atoms. The van der Waals surface area contributed by atoms with Crippen molar-refractivity contribution < 1.29 is 19.8 Å². The summed E-state index contributed by atoms with van der Waals surface area (Å²) < 4.78 is 0. The van der Waals surface area contributed by atoms with Gasteiger partial charge in [-0.15, -0.1) is 0 Å². The summed E-state index contributed by atoms with van der Waals surface area (Å²) in [6.07, 6.45) is 0.970. The highest BCUT2D eigenvalue weighted by atomic mass is 16.3. The molecule has 1 aliphatic rings. The lowest BCUT2D eigenvalue weighted by atomic mass is 9.56. The largest absolute Gasteiger partial charge is 0.507 e. The van der Waals surface area contributed by atoms with E-state index in [2.05, 4.69) is 128 Å². The van der Waals surface area contributed by atoms with Crippen LogP contribution in [0.4, 0.5) is 0 Å². The maximum atomic E-state index is 15.1. The van der Waals surface area contributed by atoms with Crippen molar-refractivity contribution >= 4 is 11.6 Å². The zero-order valence-corrected chi connectivity index (χ0v) is 34.9. The lowest BCUT2D eigenvalue weighted by Gasteiger charge is -2.45. The van der Waals surface area contributed by atoms with Crippen molar-refractivity contribution in [3.8, 4) is 11.5 Å². The lowest BCUT2D eigenvalue weighted by Crippen LogP contribution is -2.47. The van der Waals surface area contributed by atoms with Crippen molar-refractivity contribution in [2.75, 3.05) is 0 Å². The van der Waals surface area contributed by atoms with E-state index in [-0.39, 0.29) is 27.6 Å². The quantitative estimate of drug-likeness (QED) is 0.190. The maximum Gasteiger partial charge on any atom is 0.229 e. The van der Waals surface area contributed by atoms with Crippen LogP contribution in [0.1, 0.15) is 155 Å². The molecule has 280 valence electrons. The number of phenolic OH excluding ortho intramolecular Hbond substituents is 2. The van der Waals surface area contributed by atoms with Gasteiger partial charge in [-0.3, -0.25) is 9.59 Å². The van der Waals surface area contributed by atoms with Crippen LogP contribution < -0.4 is 0 Å². The molecule has 0 radical (unpaired) electrons. The first-order chi connectivity index (χ1) is 23.6. The van der Waals surface area contributed by atoms with E-state index in [4.69, 9.17) is 0 Å². The van der Waals surface area contributed by atoms with E-state index >= 15 is 4.79 Å². The minimum Gasteiger partial charge on any atom is -0.507 e. The number of Topliss-reactive ketones (excluding diaryl/α,β-unsaturated/α-hetero) is 2. The number of benzene rings is 3. The second kappa shape index (κ2) is 13.8. The topological polar surface area (TPSA) is 74.6 Å². The van der Waals surface area contributed by atoms with Gasteiger partial charge in [0.2, 0.25) is 11.6 Å². The van der Waals surface area contributed by atoms with Crippen LogP contribution in [0, 0.1) is 11.3 Å². The number of carbonyl (C=O) groups excluding carboxylic acids is 2. The van der Waals surface area contributed by atoms with Crippen LogP contribution in [0.2, 0.25) is 0 Å². The van der Waals surface area contributed by atoms with E-state index in [0.717, 1.165) is 50.1 Å². The molecule has 1 aliphatic carbocycles. The number of aromatic hydroxyl groups is 2. The second-order valence-corrected chi connectivity index (χ2v) is 19.6. The molecule has 0 aromatic heterocycles. The SMILES string of the molecule is CC1=C(C)C(Cc2cc(C(C)(C)C)c(O)c(C(C)(C)C)c2)(C(=O)C(=O)c2ccccc2)C(C)C(C)=C1Cc1cc(C(C)(C)C)c(O)c(C(C)(C)C)c1. The van der Waals surface area contributed by atoms with E-state index in [0.29, 0.717) is 29.9 Å². The van der Waals surface area contributed by atoms with E-state index < -0.39 is 17.0 Å². The molecular formula is C48H64O4. The summed E-state index contributed by atoms with van der Waals surface area (Å²) in [5.41, 5.74) is 7.78. The van der Waals surface area contributed by atoms with Gasteiger partial charge in [-0.05, 0) is 106 Å². The standard InChI is InChI=1S/C48H64O4/c1-28-30(3)48(43(52)40(49)34-20-18-17-19-21-34,27-33-25-38(46(11,12)13)42(51)39(26-33)47(14,15)16)31(4)29(2)35(28)22-32-23-36(44(5,6)7)41(50)37(24-32)45(8,9)10/h17-21,23-26,30,50-51H,22,27H2,1-16H3. The van der Waals surface area contributed by atoms with Gasteiger partial charge in [-0.25, -0.2) is 0 Å². The van der Waals surface area contributed by atoms with Crippen molar-refractivity contribution in [2.45, 2.75) is 145 Å². The molecule has 52 heavy (non-hydrogen) atoms. The smallest absolute Gasteiger partial charge is 0.229 e. The van der Waals surface area contributed by atoms with Gasteiger partial charge in [0.15, 0.2) is 0 Å². The molecule has 4 nitrogen and oxygen atoms in total. The lowest BCUT2D eigenvalue weighted by molar-refractivity contribution is -0.124. The zero-order valence-electron chi connectivity index (χ0n) is 34.9. The summed E-state index contributed by atoms with van der Waals surface area (Å²) in [5.74, 6) is -0.528. The molecule has 4 rings (SSSR count). The Morgan fingerprint density at radius 1 is 0.635 bits per heavy atom. The highest BCUT2D eigenvalue weighted by Crippen LogP contribution is 2.53. The van der Waals surface area contributed by atoms with Gasteiger partial charge in [0, 0.05) is 5.56 Å². The normalized spacial score (nSPS) is 19.0. The Labute approximate surface area is 314 Å². The molecule has 0 amide bonds. The van der Waals surface area contributed by atoms with Crippen molar-refractivity contribution in [3.63, 3.8) is 0 Å². The van der Waals surface area contributed by atoms with Crippen molar-refractivity contribution in [2.24, 2.45) is 11.3 Å². The fraction of sp³-hybridized carbons (Fsp3) is 0.500. The number of rotatable bonds is 7. The Morgan fingerprint density at radius 2 is 1.02 bits per heavy atom. The molecule has 0 saturated carbocycles. The third-order valence-electron chi connectivity index (χ3n) is 11.6. The molecule has 4 heteroatoms. The first kappa shape index (κ1) is 40.8. The van der Waals surface area contributed by atoms with Crippen LogP contribution in [0.15, 0.2) is 76.9 Å².